The summed E-state index contributed by atoms with van der Waals surface area (Å²) in [6.07, 6.45) is 0. The van der Waals surface area contributed by atoms with Gasteiger partial charge in [0.25, 0.3) is 10.0 Å². The van der Waals surface area contributed by atoms with E-state index in [1.54, 1.807) is 24.3 Å². The van der Waals surface area contributed by atoms with Gasteiger partial charge in [0, 0.05) is 24.7 Å². The first-order chi connectivity index (χ1) is 18.6. The van der Waals surface area contributed by atoms with Crippen molar-refractivity contribution in [1.29, 1.82) is 0 Å². The molecular formula is C27H27ClFN3O6S. The molecule has 1 aliphatic rings. The summed E-state index contributed by atoms with van der Waals surface area (Å²) in [7, 11) is -2.92. The Morgan fingerprint density at radius 3 is 2.36 bits per heavy atom. The molecule has 0 unspecified atom stereocenters. The van der Waals surface area contributed by atoms with Crippen LogP contribution in [-0.2, 0) is 26.2 Å². The highest BCUT2D eigenvalue weighted by Gasteiger charge is 2.33. The molecular weight excluding hydrogens is 549 g/mol. The number of hydrogen-bond donors (Lipinski definition) is 1. The molecule has 3 aromatic carbocycles. The number of anilines is 1. The second kappa shape index (κ2) is 11.9. The Kier molecular flexibility index (Phi) is 8.61. The van der Waals surface area contributed by atoms with Crippen molar-refractivity contribution in [3.05, 3.63) is 83.1 Å². The maximum Gasteiger partial charge on any atom is 0.264 e. The van der Waals surface area contributed by atoms with Gasteiger partial charge < -0.3 is 19.7 Å². The zero-order chi connectivity index (χ0) is 28.2. The van der Waals surface area contributed by atoms with Gasteiger partial charge in [-0.2, -0.15) is 0 Å². The van der Waals surface area contributed by atoms with Gasteiger partial charge in [0.1, 0.15) is 31.6 Å². The Hall–Kier alpha value is -3.83. The molecule has 12 heteroatoms. The summed E-state index contributed by atoms with van der Waals surface area (Å²) in [6.45, 7) is 1.40. The van der Waals surface area contributed by atoms with E-state index >= 15 is 0 Å². The molecule has 0 fully saturated rings. The SMILES string of the molecule is CNC(=O)[C@H](C)N(Cc1ccccc1Cl)C(=O)CN(c1ccc(F)cc1)S(=O)(=O)c1ccc2c(c1)OCCO2. The van der Waals surface area contributed by atoms with Crippen molar-refractivity contribution in [2.75, 3.05) is 31.1 Å². The minimum Gasteiger partial charge on any atom is -0.486 e. The van der Waals surface area contributed by atoms with Crippen molar-refractivity contribution in [3.8, 4) is 11.5 Å². The van der Waals surface area contributed by atoms with Crippen LogP contribution in [0.1, 0.15) is 12.5 Å². The van der Waals surface area contributed by atoms with Gasteiger partial charge in [-0.05, 0) is 55.0 Å². The lowest BCUT2D eigenvalue weighted by Gasteiger charge is -2.32. The second-order valence-electron chi connectivity index (χ2n) is 8.70. The number of sulfonamides is 1. The largest absolute Gasteiger partial charge is 0.486 e. The molecule has 0 aliphatic carbocycles. The van der Waals surface area contributed by atoms with Gasteiger partial charge >= 0.3 is 0 Å². The fraction of sp³-hybridized carbons (Fsp3) is 0.259. The van der Waals surface area contributed by atoms with E-state index in [-0.39, 0.29) is 29.5 Å². The minimum atomic E-state index is -4.36. The Bertz CT molecular complexity index is 1470. The van der Waals surface area contributed by atoms with Gasteiger partial charge in [-0.15, -0.1) is 0 Å². The third-order valence-electron chi connectivity index (χ3n) is 6.21. The Morgan fingerprint density at radius 2 is 1.69 bits per heavy atom. The molecule has 1 heterocycles. The molecule has 0 aromatic heterocycles. The van der Waals surface area contributed by atoms with E-state index in [1.165, 1.54) is 49.2 Å². The lowest BCUT2D eigenvalue weighted by molar-refractivity contribution is -0.139. The molecule has 39 heavy (non-hydrogen) atoms. The number of likely N-dealkylation sites (N-methyl/N-ethyl adjacent to an activating group) is 1. The number of fused-ring (bicyclic) bond motifs is 1. The van der Waals surface area contributed by atoms with E-state index in [1.807, 2.05) is 0 Å². The van der Waals surface area contributed by atoms with Crippen LogP contribution in [0.25, 0.3) is 0 Å². The van der Waals surface area contributed by atoms with Crippen LogP contribution in [0.4, 0.5) is 10.1 Å². The van der Waals surface area contributed by atoms with Crippen LogP contribution in [0.3, 0.4) is 0 Å². The monoisotopic (exact) mass is 575 g/mol. The highest BCUT2D eigenvalue weighted by Crippen LogP contribution is 2.34. The Balaban J connectivity index is 1.73. The van der Waals surface area contributed by atoms with Gasteiger partial charge in [-0.3, -0.25) is 13.9 Å². The van der Waals surface area contributed by atoms with Crippen LogP contribution in [-0.4, -0.2) is 58.0 Å². The normalized spacial score (nSPS) is 13.3. The third kappa shape index (κ3) is 6.26. The molecule has 2 amide bonds. The first-order valence-corrected chi connectivity index (χ1v) is 13.9. The molecule has 1 aliphatic heterocycles. The quantitative estimate of drug-likeness (QED) is 0.418. The van der Waals surface area contributed by atoms with E-state index in [0.29, 0.717) is 22.9 Å². The highest BCUT2D eigenvalue weighted by molar-refractivity contribution is 7.92. The number of nitrogens with zero attached hydrogens (tertiary/aromatic N) is 2. The van der Waals surface area contributed by atoms with Crippen molar-refractivity contribution in [2.45, 2.75) is 24.4 Å². The Morgan fingerprint density at radius 1 is 1.03 bits per heavy atom. The summed E-state index contributed by atoms with van der Waals surface area (Å²) in [5.41, 5.74) is 0.635. The van der Waals surface area contributed by atoms with E-state index < -0.39 is 40.2 Å². The topological polar surface area (TPSA) is 105 Å². The fourth-order valence-electron chi connectivity index (χ4n) is 4.05. The number of ether oxygens (including phenoxy) is 2. The number of nitrogens with one attached hydrogen (secondary N) is 1. The molecule has 4 rings (SSSR count). The lowest BCUT2D eigenvalue weighted by Crippen LogP contribution is -2.50. The van der Waals surface area contributed by atoms with Gasteiger partial charge in [0.15, 0.2) is 11.5 Å². The van der Waals surface area contributed by atoms with Crippen LogP contribution >= 0.6 is 11.6 Å². The van der Waals surface area contributed by atoms with Crippen molar-refractivity contribution in [3.63, 3.8) is 0 Å². The molecule has 9 nitrogen and oxygen atoms in total. The maximum absolute atomic E-state index is 13.9. The van der Waals surface area contributed by atoms with Crippen molar-refractivity contribution in [2.24, 2.45) is 0 Å². The molecule has 206 valence electrons. The van der Waals surface area contributed by atoms with E-state index in [4.69, 9.17) is 21.1 Å². The van der Waals surface area contributed by atoms with Crippen LogP contribution in [0.15, 0.2) is 71.6 Å². The van der Waals surface area contributed by atoms with Gasteiger partial charge in [-0.25, -0.2) is 12.8 Å². The lowest BCUT2D eigenvalue weighted by atomic mass is 10.1. The molecule has 0 bridgehead atoms. The summed E-state index contributed by atoms with van der Waals surface area (Å²) < 4.78 is 53.4. The summed E-state index contributed by atoms with van der Waals surface area (Å²) in [5, 5.41) is 2.90. The number of hydrogen-bond acceptors (Lipinski definition) is 6. The van der Waals surface area contributed by atoms with Gasteiger partial charge in [0.05, 0.1) is 10.6 Å². The number of amides is 2. The van der Waals surface area contributed by atoms with Crippen molar-refractivity contribution < 1.29 is 31.9 Å². The van der Waals surface area contributed by atoms with Crippen LogP contribution in [0.2, 0.25) is 5.02 Å². The van der Waals surface area contributed by atoms with Gasteiger partial charge in [-0.1, -0.05) is 29.8 Å². The molecule has 0 saturated heterocycles. The average molecular weight is 576 g/mol. The number of rotatable bonds is 9. The van der Waals surface area contributed by atoms with Crippen LogP contribution < -0.4 is 19.1 Å². The number of halogens is 2. The van der Waals surface area contributed by atoms with Crippen LogP contribution in [0, 0.1) is 5.82 Å². The van der Waals surface area contributed by atoms with E-state index in [0.717, 1.165) is 16.4 Å². The Labute approximate surface area is 231 Å². The summed E-state index contributed by atoms with van der Waals surface area (Å²) in [4.78, 5) is 27.4. The summed E-state index contributed by atoms with van der Waals surface area (Å²) in [6, 6.07) is 14.7. The van der Waals surface area contributed by atoms with Crippen molar-refractivity contribution >= 4 is 39.1 Å². The number of carbonyl (C=O) groups is 2. The first kappa shape index (κ1) is 28.2. The third-order valence-corrected chi connectivity index (χ3v) is 8.35. The molecule has 0 saturated carbocycles. The van der Waals surface area contributed by atoms with Crippen LogP contribution in [0.5, 0.6) is 11.5 Å². The summed E-state index contributed by atoms with van der Waals surface area (Å²) >= 11 is 6.32. The molecule has 0 spiro atoms. The zero-order valence-electron chi connectivity index (χ0n) is 21.3. The fourth-order valence-corrected chi connectivity index (χ4v) is 5.67. The standard InChI is InChI=1S/C27H27ClFN3O6S/c1-18(27(34)30-2)31(16-19-5-3-4-6-23(19)28)26(33)17-32(21-9-7-20(29)8-10-21)39(35,36)22-11-12-24-25(15-22)38-14-13-37-24/h3-12,15,18H,13-14,16-17H2,1-2H3,(H,30,34)/t18-/m0/s1. The number of benzene rings is 3. The van der Waals surface area contributed by atoms with Gasteiger partial charge in [0.2, 0.25) is 11.8 Å². The molecule has 3 aromatic rings. The molecule has 1 N–H and O–H groups in total. The molecule has 1 atom stereocenters. The van der Waals surface area contributed by atoms with E-state index in [2.05, 4.69) is 5.32 Å². The smallest absolute Gasteiger partial charge is 0.264 e. The highest BCUT2D eigenvalue weighted by atomic mass is 35.5. The predicted molar refractivity (Wildman–Crippen MR) is 144 cm³/mol. The first-order valence-electron chi connectivity index (χ1n) is 12.0. The summed E-state index contributed by atoms with van der Waals surface area (Å²) in [5.74, 6) is -1.04. The number of carbonyl (C=O) groups excluding carboxylic acids is 2. The average Bonchev–Trinajstić information content (AvgIpc) is 2.94. The predicted octanol–water partition coefficient (Wildman–Crippen LogP) is 3.61. The minimum absolute atomic E-state index is 0.0472. The van der Waals surface area contributed by atoms with E-state index in [9.17, 15) is 22.4 Å². The molecule has 0 radical (unpaired) electrons. The maximum atomic E-state index is 13.9. The second-order valence-corrected chi connectivity index (χ2v) is 11.0. The van der Waals surface area contributed by atoms with Crippen molar-refractivity contribution in [1.82, 2.24) is 10.2 Å². The zero-order valence-corrected chi connectivity index (χ0v) is 22.8.